The molecule has 0 spiro atoms. The molecular formula is C16H20ClNO2. The topological polar surface area (TPSA) is 45.4 Å². The van der Waals surface area contributed by atoms with Gasteiger partial charge >= 0.3 is 0 Å². The zero-order chi connectivity index (χ0) is 14.2. The van der Waals surface area contributed by atoms with E-state index in [1.54, 1.807) is 0 Å². The Balaban J connectivity index is 1.83. The molecule has 2 N–H and O–H groups in total. The number of aliphatic hydroxyl groups is 1. The third-order valence-electron chi connectivity index (χ3n) is 4.24. The van der Waals surface area contributed by atoms with Crippen molar-refractivity contribution in [2.24, 2.45) is 0 Å². The van der Waals surface area contributed by atoms with Crippen molar-refractivity contribution in [2.75, 3.05) is 6.54 Å². The van der Waals surface area contributed by atoms with E-state index < -0.39 is 5.60 Å². The minimum atomic E-state index is -0.836. The molecule has 108 valence electrons. The first-order chi connectivity index (χ1) is 9.60. The van der Waals surface area contributed by atoms with Gasteiger partial charge in [-0.2, -0.15) is 0 Å². The van der Waals surface area contributed by atoms with Crippen molar-refractivity contribution in [3.63, 3.8) is 0 Å². The van der Waals surface area contributed by atoms with Crippen molar-refractivity contribution in [2.45, 2.75) is 44.2 Å². The van der Waals surface area contributed by atoms with Gasteiger partial charge < -0.3 is 14.8 Å². The summed E-state index contributed by atoms with van der Waals surface area (Å²) in [4.78, 5) is 0. The highest BCUT2D eigenvalue weighted by Crippen LogP contribution is 2.39. The maximum Gasteiger partial charge on any atom is 0.136 e. The van der Waals surface area contributed by atoms with Crippen LogP contribution in [0.5, 0.6) is 0 Å². The molecule has 3 rings (SSSR count). The second-order valence-electron chi connectivity index (χ2n) is 5.66. The first-order valence-corrected chi connectivity index (χ1v) is 7.64. The molecule has 1 aliphatic carbocycles. The number of furan rings is 1. The number of hydrogen-bond acceptors (Lipinski definition) is 3. The van der Waals surface area contributed by atoms with E-state index in [-0.39, 0.29) is 0 Å². The van der Waals surface area contributed by atoms with Crippen LogP contribution in [0.1, 0.15) is 38.4 Å². The molecule has 20 heavy (non-hydrogen) atoms. The highest BCUT2D eigenvalue weighted by Gasteiger charge is 2.37. The lowest BCUT2D eigenvalue weighted by Crippen LogP contribution is -2.39. The van der Waals surface area contributed by atoms with Gasteiger partial charge in [0, 0.05) is 16.5 Å². The van der Waals surface area contributed by atoms with Crippen LogP contribution >= 0.6 is 11.6 Å². The number of hydrogen-bond donors (Lipinski definition) is 2. The zero-order valence-corrected chi connectivity index (χ0v) is 12.4. The van der Waals surface area contributed by atoms with Gasteiger partial charge in [0.15, 0.2) is 0 Å². The van der Waals surface area contributed by atoms with Gasteiger partial charge in [-0.25, -0.2) is 0 Å². The average Bonchev–Trinajstić information content (AvgIpc) is 2.85. The Morgan fingerprint density at radius 3 is 2.80 bits per heavy atom. The Morgan fingerprint density at radius 1 is 1.35 bits per heavy atom. The smallest absolute Gasteiger partial charge is 0.136 e. The second kappa shape index (κ2) is 5.40. The van der Waals surface area contributed by atoms with Gasteiger partial charge in [0.1, 0.15) is 16.9 Å². The van der Waals surface area contributed by atoms with Gasteiger partial charge in [0.25, 0.3) is 0 Å². The number of nitrogens with one attached hydrogen (secondary N) is 1. The molecule has 0 unspecified atom stereocenters. The molecule has 2 aromatic rings. The van der Waals surface area contributed by atoms with Gasteiger partial charge in [0.2, 0.25) is 0 Å². The molecule has 1 aliphatic rings. The number of fused-ring (bicyclic) bond motifs is 1. The Morgan fingerprint density at radius 2 is 2.10 bits per heavy atom. The highest BCUT2D eigenvalue weighted by atomic mass is 35.5. The monoisotopic (exact) mass is 293 g/mol. The van der Waals surface area contributed by atoms with Crippen molar-refractivity contribution < 1.29 is 9.52 Å². The van der Waals surface area contributed by atoms with E-state index in [0.29, 0.717) is 16.8 Å². The first-order valence-electron chi connectivity index (χ1n) is 7.26. The molecule has 3 nitrogen and oxygen atoms in total. The third kappa shape index (κ3) is 2.58. The van der Waals surface area contributed by atoms with E-state index in [1.807, 2.05) is 24.3 Å². The van der Waals surface area contributed by atoms with Gasteiger partial charge in [0.05, 0.1) is 0 Å². The predicted molar refractivity (Wildman–Crippen MR) is 81.1 cm³/mol. The Kier molecular flexibility index (Phi) is 3.76. The summed E-state index contributed by atoms with van der Waals surface area (Å²) in [5, 5.41) is 15.9. The van der Waals surface area contributed by atoms with Crippen molar-refractivity contribution in [1.82, 2.24) is 5.32 Å². The van der Waals surface area contributed by atoms with Crippen molar-refractivity contribution >= 4 is 22.6 Å². The van der Waals surface area contributed by atoms with E-state index >= 15 is 0 Å². The lowest BCUT2D eigenvalue weighted by molar-refractivity contribution is -0.0253. The van der Waals surface area contributed by atoms with E-state index in [2.05, 4.69) is 12.2 Å². The summed E-state index contributed by atoms with van der Waals surface area (Å²) in [6.07, 6.45) is 3.42. The normalized spacial score (nSPS) is 27.1. The predicted octanol–water partition coefficient (Wildman–Crippen LogP) is 3.83. The minimum absolute atomic E-state index is 0.513. The van der Waals surface area contributed by atoms with E-state index in [1.165, 1.54) is 0 Å². The molecule has 0 atom stereocenters. The first kappa shape index (κ1) is 13.9. The Hall–Kier alpha value is -1.03. The van der Waals surface area contributed by atoms with Crippen LogP contribution in [-0.2, 0) is 5.60 Å². The van der Waals surface area contributed by atoms with Crippen LogP contribution < -0.4 is 5.32 Å². The third-order valence-corrected chi connectivity index (χ3v) is 4.48. The molecule has 4 heteroatoms. The summed E-state index contributed by atoms with van der Waals surface area (Å²) < 4.78 is 5.83. The molecule has 0 saturated heterocycles. The van der Waals surface area contributed by atoms with Gasteiger partial charge in [-0.3, -0.25) is 0 Å². The second-order valence-corrected chi connectivity index (χ2v) is 6.09. The fraction of sp³-hybridized carbons (Fsp3) is 0.500. The number of benzene rings is 1. The molecule has 0 aliphatic heterocycles. The maximum atomic E-state index is 10.8. The summed E-state index contributed by atoms with van der Waals surface area (Å²) in [5.74, 6) is 0.671. The van der Waals surface area contributed by atoms with E-state index in [0.717, 1.165) is 43.2 Å². The summed E-state index contributed by atoms with van der Waals surface area (Å²) >= 11 is 5.99. The van der Waals surface area contributed by atoms with Crippen molar-refractivity contribution in [3.8, 4) is 0 Å². The fourth-order valence-electron chi connectivity index (χ4n) is 3.08. The Labute approximate surface area is 123 Å². The molecule has 0 radical (unpaired) electrons. The molecule has 0 amide bonds. The summed E-state index contributed by atoms with van der Waals surface area (Å²) in [6.45, 7) is 3.09. The van der Waals surface area contributed by atoms with Gasteiger partial charge in [-0.05, 0) is 56.5 Å². The SMILES string of the molecule is CCNC1CCC(O)(c2cc3cc(Cl)ccc3o2)CC1. The van der Waals surface area contributed by atoms with Crippen LogP contribution in [0.4, 0.5) is 0 Å². The summed E-state index contributed by atoms with van der Waals surface area (Å²) in [7, 11) is 0. The number of halogens is 1. The standard InChI is InChI=1S/C16H20ClNO2/c1-2-18-13-5-7-16(19,8-6-13)15-10-11-9-12(17)3-4-14(11)20-15/h3-4,9-10,13,18-19H,2,5-8H2,1H3. The summed E-state index contributed by atoms with van der Waals surface area (Å²) in [5.41, 5.74) is -0.0520. The van der Waals surface area contributed by atoms with Crippen LogP contribution in [0.25, 0.3) is 11.0 Å². The van der Waals surface area contributed by atoms with Gasteiger partial charge in [-0.15, -0.1) is 0 Å². The van der Waals surface area contributed by atoms with Crippen molar-refractivity contribution in [1.29, 1.82) is 0 Å². The Bertz CT molecular complexity index is 600. The van der Waals surface area contributed by atoms with Crippen LogP contribution in [0.2, 0.25) is 5.02 Å². The van der Waals surface area contributed by atoms with Crippen LogP contribution in [0, 0.1) is 0 Å². The molecule has 1 saturated carbocycles. The van der Waals surface area contributed by atoms with Crippen LogP contribution in [0.3, 0.4) is 0 Å². The molecule has 0 bridgehead atoms. The molecule has 1 aromatic carbocycles. The van der Waals surface area contributed by atoms with Crippen LogP contribution in [-0.4, -0.2) is 17.7 Å². The lowest BCUT2D eigenvalue weighted by atomic mass is 9.80. The fourth-order valence-corrected chi connectivity index (χ4v) is 3.26. The van der Waals surface area contributed by atoms with E-state index in [9.17, 15) is 5.11 Å². The highest BCUT2D eigenvalue weighted by molar-refractivity contribution is 6.31. The van der Waals surface area contributed by atoms with Crippen molar-refractivity contribution in [3.05, 3.63) is 35.0 Å². The minimum Gasteiger partial charge on any atom is -0.458 e. The maximum absolute atomic E-state index is 10.8. The number of rotatable bonds is 3. The zero-order valence-electron chi connectivity index (χ0n) is 11.7. The molecular weight excluding hydrogens is 274 g/mol. The largest absolute Gasteiger partial charge is 0.458 e. The van der Waals surface area contributed by atoms with Crippen LogP contribution in [0.15, 0.2) is 28.7 Å². The molecule has 1 aromatic heterocycles. The quantitative estimate of drug-likeness (QED) is 0.904. The lowest BCUT2D eigenvalue weighted by Gasteiger charge is -2.34. The molecule has 1 fully saturated rings. The average molecular weight is 294 g/mol. The molecule has 1 heterocycles. The van der Waals surface area contributed by atoms with E-state index in [4.69, 9.17) is 16.0 Å². The summed E-state index contributed by atoms with van der Waals surface area (Å²) in [6, 6.07) is 7.98. The van der Waals surface area contributed by atoms with Gasteiger partial charge in [-0.1, -0.05) is 18.5 Å².